The summed E-state index contributed by atoms with van der Waals surface area (Å²) < 4.78 is 7.81. The molecule has 3 aromatic rings. The first-order valence-electron chi connectivity index (χ1n) is 16.6. The Balaban J connectivity index is 1.13. The van der Waals surface area contributed by atoms with Crippen LogP contribution in [0.5, 0.6) is 0 Å². The van der Waals surface area contributed by atoms with Gasteiger partial charge in [-0.1, -0.05) is 29.7 Å². The fourth-order valence-electron chi connectivity index (χ4n) is 7.33. The maximum Gasteiger partial charge on any atom is 0.410 e. The zero-order valence-corrected chi connectivity index (χ0v) is 27.8. The molecule has 0 bridgehead atoms. The number of hydrogen-bond donors (Lipinski definition) is 2. The van der Waals surface area contributed by atoms with Crippen molar-refractivity contribution in [2.45, 2.75) is 56.7 Å². The van der Waals surface area contributed by atoms with Gasteiger partial charge in [0.25, 0.3) is 5.91 Å². The Morgan fingerprint density at radius 1 is 1.00 bits per heavy atom. The predicted octanol–water partition coefficient (Wildman–Crippen LogP) is 3.56. The molecule has 0 spiro atoms. The average Bonchev–Trinajstić information content (AvgIpc) is 3.26. The molecule has 250 valence electrons. The number of fused-ring (bicyclic) bond motifs is 1. The number of likely N-dealkylation sites (N-methyl/N-ethyl adjacent to an activating group) is 1. The minimum atomic E-state index is -1.05. The molecule has 3 N–H and O–H groups in total. The zero-order chi connectivity index (χ0) is 33.1. The lowest BCUT2D eigenvalue weighted by Gasteiger charge is -2.39. The van der Waals surface area contributed by atoms with Crippen LogP contribution < -0.4 is 11.4 Å². The molecule has 1 aromatic heterocycles. The fraction of sp³-hybridized carbons (Fsp3) is 0.514. The Morgan fingerprint density at radius 3 is 2.45 bits per heavy atom. The third kappa shape index (κ3) is 7.30. The lowest BCUT2D eigenvalue weighted by atomic mass is 10.00. The molecule has 3 fully saturated rings. The summed E-state index contributed by atoms with van der Waals surface area (Å²) in [6, 6.07) is 11.4. The van der Waals surface area contributed by atoms with Crippen molar-refractivity contribution in [2.75, 3.05) is 65.1 Å². The first-order chi connectivity index (χ1) is 22.7. The van der Waals surface area contributed by atoms with Gasteiger partial charge in [-0.05, 0) is 82.1 Å². The van der Waals surface area contributed by atoms with Gasteiger partial charge in [0.15, 0.2) is 6.10 Å². The number of nitrogens with two attached hydrogens (primary N) is 1. The van der Waals surface area contributed by atoms with Crippen LogP contribution in [0.15, 0.2) is 41.2 Å². The van der Waals surface area contributed by atoms with Crippen molar-refractivity contribution in [1.82, 2.24) is 29.2 Å². The summed E-state index contributed by atoms with van der Waals surface area (Å²) >= 11 is 6.38. The number of aromatic nitrogens is 2. The Bertz CT molecular complexity index is 1700. The second-order valence-electron chi connectivity index (χ2n) is 13.0. The number of hydrogen-bond acceptors (Lipinski definition) is 7. The number of ether oxygens (including phenoxy) is 1. The number of para-hydroxylation sites is 2. The van der Waals surface area contributed by atoms with Gasteiger partial charge in [0.1, 0.15) is 0 Å². The summed E-state index contributed by atoms with van der Waals surface area (Å²) in [5, 5.41) is 0.298. The standard InChI is InChI=1S/C35H44ClN7O4/c1-3-25-21-24(22-28(36)32(25)37)23-31(33(44)41-15-9-26(10-16-41)40-14-6-13-39(2)19-20-40)47-35(46)42-17-11-27(12-18-42)43-30-8-5-4-7-29(30)38-34(43)45/h1,4-5,7-8,21-22,26-27,31H,6,9-20,23,37H2,2H3,(H,38,45)/t31-/m1/s1. The van der Waals surface area contributed by atoms with Crippen molar-refractivity contribution < 1.29 is 14.3 Å². The molecule has 0 saturated carbocycles. The topological polar surface area (TPSA) is 120 Å². The van der Waals surface area contributed by atoms with E-state index in [0.29, 0.717) is 66.9 Å². The minimum Gasteiger partial charge on any atom is -0.436 e. The maximum atomic E-state index is 14.0. The van der Waals surface area contributed by atoms with Crippen LogP contribution in [0, 0.1) is 12.3 Å². The summed E-state index contributed by atoms with van der Waals surface area (Å²) in [7, 11) is 2.17. The largest absolute Gasteiger partial charge is 0.436 e. The smallest absolute Gasteiger partial charge is 0.410 e. The number of terminal acetylenes is 1. The van der Waals surface area contributed by atoms with Crippen LogP contribution in [-0.4, -0.2) is 113 Å². The van der Waals surface area contributed by atoms with Crippen LogP contribution in [0.25, 0.3) is 11.0 Å². The number of amides is 2. The number of imidazole rings is 1. The molecule has 3 saturated heterocycles. The Hall–Kier alpha value is -3.98. The molecule has 2 amide bonds. The molecule has 3 aliphatic heterocycles. The molecule has 1 atom stereocenters. The third-order valence-corrected chi connectivity index (χ3v) is 10.4. The SMILES string of the molecule is C#Cc1cc(C[C@@H](OC(=O)N2CCC(n3c(=O)[nH]c4ccccc43)CC2)C(=O)N2CCC(N3CCCN(C)CC3)CC2)cc(Cl)c1N. The van der Waals surface area contributed by atoms with E-state index in [-0.39, 0.29) is 24.1 Å². The number of anilines is 1. The van der Waals surface area contributed by atoms with Gasteiger partial charge in [-0.2, -0.15) is 0 Å². The molecule has 4 heterocycles. The third-order valence-electron chi connectivity index (χ3n) is 10.0. The van der Waals surface area contributed by atoms with Crippen molar-refractivity contribution in [3.63, 3.8) is 0 Å². The molecule has 2 aromatic carbocycles. The van der Waals surface area contributed by atoms with Crippen LogP contribution >= 0.6 is 11.6 Å². The van der Waals surface area contributed by atoms with E-state index in [1.807, 2.05) is 29.2 Å². The molecule has 3 aliphatic rings. The fourth-order valence-corrected chi connectivity index (χ4v) is 7.57. The quantitative estimate of drug-likeness (QED) is 0.306. The monoisotopic (exact) mass is 661 g/mol. The highest BCUT2D eigenvalue weighted by Crippen LogP contribution is 2.28. The Kier molecular flexibility index (Phi) is 10.1. The maximum absolute atomic E-state index is 14.0. The van der Waals surface area contributed by atoms with Gasteiger partial charge in [-0.25, -0.2) is 9.59 Å². The van der Waals surface area contributed by atoms with Crippen LogP contribution in [0.4, 0.5) is 10.5 Å². The Morgan fingerprint density at radius 2 is 1.70 bits per heavy atom. The molecular weight excluding hydrogens is 618 g/mol. The van der Waals surface area contributed by atoms with Crippen molar-refractivity contribution in [3.05, 3.63) is 63.0 Å². The van der Waals surface area contributed by atoms with E-state index in [4.69, 9.17) is 28.5 Å². The number of likely N-dealkylation sites (tertiary alicyclic amines) is 2. The Labute approximate surface area is 280 Å². The number of rotatable bonds is 6. The highest BCUT2D eigenvalue weighted by Gasteiger charge is 2.35. The van der Waals surface area contributed by atoms with Crippen molar-refractivity contribution in [2.24, 2.45) is 0 Å². The molecule has 47 heavy (non-hydrogen) atoms. The molecule has 6 rings (SSSR count). The second-order valence-corrected chi connectivity index (χ2v) is 13.5. The van der Waals surface area contributed by atoms with E-state index in [1.54, 1.807) is 21.6 Å². The van der Waals surface area contributed by atoms with Crippen molar-refractivity contribution in [3.8, 4) is 12.3 Å². The van der Waals surface area contributed by atoms with Crippen molar-refractivity contribution >= 4 is 40.3 Å². The molecular formula is C35H44ClN7O4. The van der Waals surface area contributed by atoms with E-state index in [1.165, 1.54) is 0 Å². The number of carbonyl (C=O) groups excluding carboxylic acids is 2. The molecule has 12 heteroatoms. The van der Waals surface area contributed by atoms with E-state index in [2.05, 4.69) is 27.8 Å². The van der Waals surface area contributed by atoms with Gasteiger partial charge < -0.3 is 30.2 Å². The number of carbonyl (C=O) groups is 2. The zero-order valence-electron chi connectivity index (χ0n) is 27.0. The summed E-state index contributed by atoms with van der Waals surface area (Å²) in [6.45, 7) is 6.29. The highest BCUT2D eigenvalue weighted by molar-refractivity contribution is 6.33. The van der Waals surface area contributed by atoms with Gasteiger partial charge >= 0.3 is 11.8 Å². The molecule has 0 unspecified atom stereocenters. The first kappa shape index (κ1) is 32.9. The lowest BCUT2D eigenvalue weighted by molar-refractivity contribution is -0.142. The van der Waals surface area contributed by atoms with E-state index in [9.17, 15) is 14.4 Å². The number of nitrogens with one attached hydrogen (secondary N) is 1. The number of nitrogen functional groups attached to an aromatic ring is 1. The average molecular weight is 662 g/mol. The van der Waals surface area contributed by atoms with Gasteiger partial charge in [-0.3, -0.25) is 14.3 Å². The number of H-pyrrole nitrogens is 1. The van der Waals surface area contributed by atoms with Gasteiger partial charge in [0.2, 0.25) is 0 Å². The van der Waals surface area contributed by atoms with Gasteiger partial charge in [0.05, 0.1) is 21.7 Å². The second kappa shape index (κ2) is 14.4. The number of aromatic amines is 1. The van der Waals surface area contributed by atoms with Gasteiger partial charge in [-0.15, -0.1) is 6.42 Å². The lowest BCUT2D eigenvalue weighted by Crippen LogP contribution is -2.51. The van der Waals surface area contributed by atoms with Gasteiger partial charge in [0, 0.05) is 63.3 Å². The summed E-state index contributed by atoms with van der Waals surface area (Å²) in [6.07, 6.45) is 8.28. The summed E-state index contributed by atoms with van der Waals surface area (Å²) in [4.78, 5) is 51.7. The number of piperidine rings is 2. The number of halogens is 1. The van der Waals surface area contributed by atoms with Crippen molar-refractivity contribution in [1.29, 1.82) is 0 Å². The first-order valence-corrected chi connectivity index (χ1v) is 17.0. The number of benzene rings is 2. The van der Waals surface area contributed by atoms with Crippen LogP contribution in [0.1, 0.15) is 49.3 Å². The van der Waals surface area contributed by atoms with E-state index in [0.717, 1.165) is 56.5 Å². The van der Waals surface area contributed by atoms with E-state index >= 15 is 0 Å². The predicted molar refractivity (Wildman–Crippen MR) is 183 cm³/mol. The molecule has 0 radical (unpaired) electrons. The summed E-state index contributed by atoms with van der Waals surface area (Å²) in [5.74, 6) is 2.33. The van der Waals surface area contributed by atoms with Crippen LogP contribution in [0.2, 0.25) is 5.02 Å². The normalized spacial score (nSPS) is 19.8. The van der Waals surface area contributed by atoms with E-state index < -0.39 is 12.2 Å². The number of nitrogens with zero attached hydrogens (tertiary/aromatic N) is 5. The minimum absolute atomic E-state index is 0.0508. The molecule has 11 nitrogen and oxygen atoms in total. The summed E-state index contributed by atoms with van der Waals surface area (Å²) in [5.41, 5.74) is 8.95. The van der Waals surface area contributed by atoms with Crippen LogP contribution in [-0.2, 0) is 16.0 Å². The highest BCUT2D eigenvalue weighted by atomic mass is 35.5. The molecule has 0 aliphatic carbocycles. The van der Waals surface area contributed by atoms with Crippen LogP contribution in [0.3, 0.4) is 0 Å².